The number of pyridine rings is 1. The summed E-state index contributed by atoms with van der Waals surface area (Å²) in [5, 5.41) is 5.43. The summed E-state index contributed by atoms with van der Waals surface area (Å²) < 4.78 is 0. The lowest BCUT2D eigenvalue weighted by atomic mass is 10.1. The van der Waals surface area contributed by atoms with Crippen LogP contribution in [-0.4, -0.2) is 23.3 Å². The van der Waals surface area contributed by atoms with Crippen molar-refractivity contribution in [3.8, 4) is 0 Å². The molecule has 0 saturated heterocycles. The maximum Gasteiger partial charge on any atom is 0.270 e. The lowest BCUT2D eigenvalue weighted by Crippen LogP contribution is -2.24. The molecular weight excluding hydrogens is 290 g/mol. The van der Waals surface area contributed by atoms with Crippen molar-refractivity contribution in [1.29, 1.82) is 0 Å². The monoisotopic (exact) mass is 309 g/mol. The van der Waals surface area contributed by atoms with E-state index in [9.17, 15) is 9.59 Å². The Balaban J connectivity index is 2.09. The zero-order valence-corrected chi connectivity index (χ0v) is 13.0. The summed E-state index contributed by atoms with van der Waals surface area (Å²) in [6.07, 6.45) is 3.97. The third-order valence-corrected chi connectivity index (χ3v) is 3.28. The highest BCUT2D eigenvalue weighted by Crippen LogP contribution is 2.12. The fraction of sp³-hybridized carbons (Fsp3) is 0.167. The van der Waals surface area contributed by atoms with Crippen LogP contribution >= 0.6 is 0 Å². The number of rotatable bonds is 6. The van der Waals surface area contributed by atoms with Crippen LogP contribution in [0.1, 0.15) is 33.3 Å². The third kappa shape index (κ3) is 4.51. The Labute approximate surface area is 135 Å². The van der Waals surface area contributed by atoms with Gasteiger partial charge in [0.2, 0.25) is 0 Å². The van der Waals surface area contributed by atoms with Gasteiger partial charge >= 0.3 is 0 Å². The maximum absolute atomic E-state index is 12.3. The van der Waals surface area contributed by atoms with Gasteiger partial charge < -0.3 is 10.6 Å². The zero-order chi connectivity index (χ0) is 16.7. The van der Waals surface area contributed by atoms with Crippen molar-refractivity contribution >= 4 is 17.5 Å². The van der Waals surface area contributed by atoms with Crippen molar-refractivity contribution in [1.82, 2.24) is 10.3 Å². The van der Waals surface area contributed by atoms with E-state index in [1.54, 1.807) is 12.1 Å². The predicted molar refractivity (Wildman–Crippen MR) is 90.5 cm³/mol. The van der Waals surface area contributed by atoms with Gasteiger partial charge in [-0.3, -0.25) is 14.6 Å². The molecule has 2 aromatic rings. The summed E-state index contributed by atoms with van der Waals surface area (Å²) in [5.74, 6) is -0.624. The highest BCUT2D eigenvalue weighted by Gasteiger charge is 2.11. The highest BCUT2D eigenvalue weighted by atomic mass is 16.2. The molecular formula is C18H19N3O2. The van der Waals surface area contributed by atoms with Gasteiger partial charge in [0.25, 0.3) is 11.8 Å². The van der Waals surface area contributed by atoms with Crippen LogP contribution < -0.4 is 10.6 Å². The minimum atomic E-state index is -0.341. The van der Waals surface area contributed by atoms with Crippen molar-refractivity contribution in [3.05, 3.63) is 72.1 Å². The van der Waals surface area contributed by atoms with Gasteiger partial charge in [0.05, 0.1) is 0 Å². The summed E-state index contributed by atoms with van der Waals surface area (Å²) in [7, 11) is 0. The van der Waals surface area contributed by atoms with Crippen LogP contribution in [0.25, 0.3) is 0 Å². The summed E-state index contributed by atoms with van der Waals surface area (Å²) in [6, 6.07) is 10.7. The molecule has 0 atom stereocenters. The minimum absolute atomic E-state index is 0.195. The number of benzene rings is 1. The third-order valence-electron chi connectivity index (χ3n) is 3.28. The van der Waals surface area contributed by atoms with Crippen LogP contribution in [0.4, 0.5) is 5.69 Å². The van der Waals surface area contributed by atoms with Gasteiger partial charge in [0.1, 0.15) is 5.69 Å². The van der Waals surface area contributed by atoms with E-state index in [4.69, 9.17) is 0 Å². The quantitative estimate of drug-likeness (QED) is 0.806. The van der Waals surface area contributed by atoms with Crippen LogP contribution in [0.5, 0.6) is 0 Å². The molecule has 2 amide bonds. The van der Waals surface area contributed by atoms with E-state index in [1.807, 2.05) is 24.3 Å². The number of nitrogens with zero attached hydrogens (tertiary/aromatic N) is 1. The number of hydrogen-bond acceptors (Lipinski definition) is 3. The predicted octanol–water partition coefficient (Wildman–Crippen LogP) is 2.81. The second-order valence-electron chi connectivity index (χ2n) is 4.93. The van der Waals surface area contributed by atoms with E-state index in [1.165, 1.54) is 17.8 Å². The Morgan fingerprint density at radius 1 is 1.17 bits per heavy atom. The first-order valence-electron chi connectivity index (χ1n) is 7.39. The molecule has 0 radical (unpaired) electrons. The van der Waals surface area contributed by atoms with E-state index in [2.05, 4.69) is 29.1 Å². The van der Waals surface area contributed by atoms with E-state index in [0.29, 0.717) is 17.8 Å². The Hall–Kier alpha value is -2.95. The van der Waals surface area contributed by atoms with E-state index in [0.717, 1.165) is 6.42 Å². The number of anilines is 1. The molecule has 118 valence electrons. The first-order valence-corrected chi connectivity index (χ1v) is 7.39. The molecule has 2 rings (SSSR count). The minimum Gasteiger partial charge on any atom is -0.347 e. The van der Waals surface area contributed by atoms with Crippen molar-refractivity contribution in [2.24, 2.45) is 0 Å². The Kier molecular flexibility index (Phi) is 5.63. The van der Waals surface area contributed by atoms with Gasteiger partial charge in [-0.15, -0.1) is 6.58 Å². The van der Waals surface area contributed by atoms with Crippen LogP contribution in [0.2, 0.25) is 0 Å². The number of aryl methyl sites for hydroxylation is 1. The van der Waals surface area contributed by atoms with Crippen LogP contribution in [0.15, 0.2) is 55.3 Å². The molecule has 2 N–H and O–H groups in total. The molecule has 23 heavy (non-hydrogen) atoms. The average molecular weight is 309 g/mol. The molecule has 1 heterocycles. The normalized spacial score (nSPS) is 9.96. The largest absolute Gasteiger partial charge is 0.347 e. The highest BCUT2D eigenvalue weighted by molar-refractivity contribution is 6.05. The fourth-order valence-electron chi connectivity index (χ4n) is 1.98. The molecule has 5 nitrogen and oxygen atoms in total. The summed E-state index contributed by atoms with van der Waals surface area (Å²) >= 11 is 0. The van der Waals surface area contributed by atoms with Gasteiger partial charge in [-0.1, -0.05) is 25.1 Å². The first-order chi connectivity index (χ1) is 11.1. The maximum atomic E-state index is 12.3. The smallest absolute Gasteiger partial charge is 0.270 e. The molecule has 0 aliphatic heterocycles. The number of nitrogens with one attached hydrogen (secondary N) is 2. The topological polar surface area (TPSA) is 71.1 Å². The lowest BCUT2D eigenvalue weighted by molar-refractivity contribution is 0.0953. The lowest BCUT2D eigenvalue weighted by Gasteiger charge is -2.07. The first kappa shape index (κ1) is 16.4. The van der Waals surface area contributed by atoms with Crippen LogP contribution in [0, 0.1) is 0 Å². The Morgan fingerprint density at radius 3 is 2.57 bits per heavy atom. The fourth-order valence-corrected chi connectivity index (χ4v) is 1.98. The number of amides is 2. The standard InChI is InChI=1S/C18H19N3O2/c1-3-10-20-18(23)16-12-14(9-11-19-16)17(22)21-15-7-5-13(4-2)6-8-15/h3,5-9,11-12H,1,4,10H2,2H3,(H,20,23)(H,21,22). The second kappa shape index (κ2) is 7.89. The van der Waals surface area contributed by atoms with Crippen LogP contribution in [0.3, 0.4) is 0 Å². The number of carbonyl (C=O) groups excluding carboxylic acids is 2. The molecule has 0 bridgehead atoms. The average Bonchev–Trinajstić information content (AvgIpc) is 2.60. The zero-order valence-electron chi connectivity index (χ0n) is 13.0. The van der Waals surface area contributed by atoms with Gasteiger partial charge in [0, 0.05) is 24.0 Å². The van der Waals surface area contributed by atoms with E-state index >= 15 is 0 Å². The molecule has 0 unspecified atom stereocenters. The molecule has 0 fully saturated rings. The summed E-state index contributed by atoms with van der Waals surface area (Å²) in [6.45, 7) is 5.95. The molecule has 0 spiro atoms. The van der Waals surface area contributed by atoms with Crippen molar-refractivity contribution < 1.29 is 9.59 Å². The van der Waals surface area contributed by atoms with Gasteiger partial charge in [-0.25, -0.2) is 0 Å². The Morgan fingerprint density at radius 2 is 1.91 bits per heavy atom. The Bertz CT molecular complexity index is 708. The van der Waals surface area contributed by atoms with E-state index in [-0.39, 0.29) is 17.5 Å². The van der Waals surface area contributed by atoms with Gasteiger partial charge in [-0.2, -0.15) is 0 Å². The number of hydrogen-bond donors (Lipinski definition) is 2. The number of aromatic nitrogens is 1. The SMILES string of the molecule is C=CCNC(=O)c1cc(C(=O)Nc2ccc(CC)cc2)ccn1. The molecule has 1 aromatic heterocycles. The van der Waals surface area contributed by atoms with Crippen molar-refractivity contribution in [2.45, 2.75) is 13.3 Å². The second-order valence-corrected chi connectivity index (χ2v) is 4.93. The molecule has 0 saturated carbocycles. The molecule has 0 aliphatic rings. The van der Waals surface area contributed by atoms with Gasteiger partial charge in [0.15, 0.2) is 0 Å². The van der Waals surface area contributed by atoms with Crippen LogP contribution in [-0.2, 0) is 6.42 Å². The summed E-state index contributed by atoms with van der Waals surface area (Å²) in [4.78, 5) is 28.1. The van der Waals surface area contributed by atoms with Gasteiger partial charge in [-0.05, 0) is 36.2 Å². The molecule has 0 aliphatic carbocycles. The molecule has 5 heteroatoms. The number of carbonyl (C=O) groups is 2. The van der Waals surface area contributed by atoms with Crippen molar-refractivity contribution in [3.63, 3.8) is 0 Å². The van der Waals surface area contributed by atoms with E-state index < -0.39 is 0 Å². The molecule has 1 aromatic carbocycles. The summed E-state index contributed by atoms with van der Waals surface area (Å²) in [5.41, 5.74) is 2.49. The van der Waals surface area contributed by atoms with Crippen molar-refractivity contribution in [2.75, 3.05) is 11.9 Å².